The molecule has 3 rings (SSSR count). The lowest BCUT2D eigenvalue weighted by Crippen LogP contribution is -2.47. The average molecular weight is 410 g/mol. The number of anilines is 1. The van der Waals surface area contributed by atoms with Crippen LogP contribution in [0, 0.1) is 0 Å². The van der Waals surface area contributed by atoms with E-state index in [-0.39, 0.29) is 36.8 Å². The Kier molecular flexibility index (Phi) is 10.2. The maximum absolute atomic E-state index is 12.3. The largest absolute Gasteiger partial charge is 0.399 e. The first-order valence-corrected chi connectivity index (χ1v) is 9.10. The molecule has 1 amide bonds. The molecule has 27 heavy (non-hydrogen) atoms. The molecule has 0 aliphatic carbocycles. The van der Waals surface area contributed by atoms with Gasteiger partial charge in [-0.25, -0.2) is 0 Å². The Balaban J connectivity index is 0.00000182. The number of nitrogens with one attached hydrogen (secondary N) is 1. The third-order valence-electron chi connectivity index (χ3n) is 4.80. The summed E-state index contributed by atoms with van der Waals surface area (Å²) < 4.78 is 0. The zero-order valence-corrected chi connectivity index (χ0v) is 17.1. The first kappa shape index (κ1) is 23.3. The Morgan fingerprint density at radius 1 is 1.07 bits per heavy atom. The summed E-state index contributed by atoms with van der Waals surface area (Å²) in [4.78, 5) is 14.7. The highest BCUT2D eigenvalue weighted by Gasteiger charge is 2.21. The fourth-order valence-corrected chi connectivity index (χ4v) is 3.47. The molecule has 0 radical (unpaired) electrons. The van der Waals surface area contributed by atoms with Gasteiger partial charge in [0.1, 0.15) is 0 Å². The van der Waals surface area contributed by atoms with Gasteiger partial charge in [0.2, 0.25) is 5.91 Å². The maximum atomic E-state index is 12.3. The number of halogens is 2. The van der Waals surface area contributed by atoms with Gasteiger partial charge < -0.3 is 11.1 Å². The van der Waals surface area contributed by atoms with E-state index in [1.165, 1.54) is 5.56 Å². The Hall–Kier alpha value is -1.75. The summed E-state index contributed by atoms with van der Waals surface area (Å²) in [6.45, 7) is 2.98. The van der Waals surface area contributed by atoms with Crippen LogP contribution in [0.3, 0.4) is 0 Å². The number of hydrogen-bond acceptors (Lipinski definition) is 3. The smallest absolute Gasteiger partial charge is 0.220 e. The molecule has 1 heterocycles. The molecule has 0 spiro atoms. The minimum absolute atomic E-state index is 0. The van der Waals surface area contributed by atoms with Crippen LogP contribution in [0.2, 0.25) is 0 Å². The average Bonchev–Trinajstić information content (AvgIpc) is 2.62. The number of likely N-dealkylation sites (tertiary alicyclic amines) is 1. The first-order valence-electron chi connectivity index (χ1n) is 9.10. The molecular weight excluding hydrogens is 381 g/mol. The second-order valence-corrected chi connectivity index (χ2v) is 6.83. The fourth-order valence-electron chi connectivity index (χ4n) is 3.47. The number of hydrogen-bond donors (Lipinski definition) is 2. The second-order valence-electron chi connectivity index (χ2n) is 6.83. The number of aryl methyl sites for hydroxylation is 1. The summed E-state index contributed by atoms with van der Waals surface area (Å²) >= 11 is 0. The summed E-state index contributed by atoms with van der Waals surface area (Å²) in [5, 5.41) is 3.20. The molecule has 4 nitrogen and oxygen atoms in total. The van der Waals surface area contributed by atoms with Crippen molar-refractivity contribution in [2.24, 2.45) is 0 Å². The van der Waals surface area contributed by atoms with Gasteiger partial charge in [-0.3, -0.25) is 9.69 Å². The van der Waals surface area contributed by atoms with Crippen molar-refractivity contribution in [3.8, 4) is 0 Å². The standard InChI is InChI=1S/C21H27N3O.2ClH/c22-20-11-5-4-9-18(20)12-13-21(25)23-19-10-6-14-24(16-19)15-17-7-2-1-3-8-17;;/h1-5,7-9,11,19H,6,10,12-16,22H2,(H,23,25);2*1H. The molecule has 1 aliphatic rings. The molecule has 0 aromatic heterocycles. The predicted molar refractivity (Wildman–Crippen MR) is 117 cm³/mol. The molecule has 1 fully saturated rings. The van der Waals surface area contributed by atoms with Gasteiger partial charge in [0, 0.05) is 31.2 Å². The van der Waals surface area contributed by atoms with Crippen molar-refractivity contribution in [3.63, 3.8) is 0 Å². The number of nitrogens with zero attached hydrogens (tertiary/aromatic N) is 1. The van der Waals surface area contributed by atoms with Crippen molar-refractivity contribution in [1.29, 1.82) is 0 Å². The highest BCUT2D eigenvalue weighted by molar-refractivity contribution is 5.85. The molecule has 3 N–H and O–H groups in total. The second kappa shape index (κ2) is 11.9. The summed E-state index contributed by atoms with van der Waals surface area (Å²) in [6, 6.07) is 18.5. The Labute approximate surface area is 174 Å². The number of benzene rings is 2. The summed E-state index contributed by atoms with van der Waals surface area (Å²) in [5.74, 6) is 0.120. The van der Waals surface area contributed by atoms with Crippen LogP contribution in [0.4, 0.5) is 5.69 Å². The van der Waals surface area contributed by atoms with Gasteiger partial charge in [-0.2, -0.15) is 0 Å². The van der Waals surface area contributed by atoms with Crippen molar-refractivity contribution in [3.05, 3.63) is 65.7 Å². The van der Waals surface area contributed by atoms with Crippen molar-refractivity contribution >= 4 is 36.4 Å². The number of nitrogens with two attached hydrogens (primary N) is 1. The number of nitrogen functional groups attached to an aromatic ring is 1. The molecule has 0 bridgehead atoms. The SMILES string of the molecule is Cl.Cl.Nc1ccccc1CCC(=O)NC1CCCN(Cc2ccccc2)C1. The highest BCUT2D eigenvalue weighted by atomic mass is 35.5. The molecule has 1 atom stereocenters. The number of rotatable bonds is 6. The molecule has 1 unspecified atom stereocenters. The number of carbonyl (C=O) groups excluding carboxylic acids is 1. The summed E-state index contributed by atoms with van der Waals surface area (Å²) in [6.07, 6.45) is 3.37. The molecular formula is C21H29Cl2N3O. The van der Waals surface area contributed by atoms with E-state index in [2.05, 4.69) is 34.5 Å². The maximum Gasteiger partial charge on any atom is 0.220 e. The lowest BCUT2D eigenvalue weighted by molar-refractivity contribution is -0.122. The van der Waals surface area contributed by atoms with E-state index in [1.807, 2.05) is 30.3 Å². The van der Waals surface area contributed by atoms with Crippen LogP contribution in [0.15, 0.2) is 54.6 Å². The number of piperidine rings is 1. The van der Waals surface area contributed by atoms with E-state index < -0.39 is 0 Å². The van der Waals surface area contributed by atoms with E-state index in [1.54, 1.807) is 0 Å². The fraction of sp³-hybridized carbons (Fsp3) is 0.381. The van der Waals surface area contributed by atoms with Crippen LogP contribution >= 0.6 is 24.8 Å². The van der Waals surface area contributed by atoms with Gasteiger partial charge in [0.05, 0.1) is 0 Å². The van der Waals surface area contributed by atoms with Gasteiger partial charge in [-0.15, -0.1) is 24.8 Å². The van der Waals surface area contributed by atoms with E-state index in [4.69, 9.17) is 5.73 Å². The Morgan fingerprint density at radius 2 is 1.78 bits per heavy atom. The quantitative estimate of drug-likeness (QED) is 0.712. The van der Waals surface area contributed by atoms with Crippen LogP contribution in [0.25, 0.3) is 0 Å². The van der Waals surface area contributed by atoms with Crippen LogP contribution < -0.4 is 11.1 Å². The monoisotopic (exact) mass is 409 g/mol. The number of amides is 1. The third-order valence-corrected chi connectivity index (χ3v) is 4.80. The molecule has 2 aromatic rings. The van der Waals surface area contributed by atoms with Crippen molar-refractivity contribution in [2.45, 2.75) is 38.3 Å². The normalized spacial score (nSPS) is 16.7. The van der Waals surface area contributed by atoms with Crippen LogP contribution in [0.5, 0.6) is 0 Å². The lowest BCUT2D eigenvalue weighted by Gasteiger charge is -2.33. The summed E-state index contributed by atoms with van der Waals surface area (Å²) in [7, 11) is 0. The van der Waals surface area contributed by atoms with Gasteiger partial charge >= 0.3 is 0 Å². The zero-order valence-electron chi connectivity index (χ0n) is 15.5. The Bertz CT molecular complexity index is 697. The van der Waals surface area contributed by atoms with Gasteiger partial charge in [0.25, 0.3) is 0 Å². The zero-order chi connectivity index (χ0) is 17.5. The van der Waals surface area contributed by atoms with E-state index in [0.29, 0.717) is 12.8 Å². The number of carbonyl (C=O) groups is 1. The highest BCUT2D eigenvalue weighted by Crippen LogP contribution is 2.15. The molecule has 148 valence electrons. The minimum Gasteiger partial charge on any atom is -0.399 e. The van der Waals surface area contributed by atoms with Crippen LogP contribution in [-0.4, -0.2) is 29.9 Å². The van der Waals surface area contributed by atoms with Crippen molar-refractivity contribution in [1.82, 2.24) is 10.2 Å². The van der Waals surface area contributed by atoms with E-state index >= 15 is 0 Å². The molecule has 6 heteroatoms. The molecule has 0 saturated carbocycles. The van der Waals surface area contributed by atoms with E-state index in [0.717, 1.165) is 43.7 Å². The Morgan fingerprint density at radius 3 is 2.52 bits per heavy atom. The topological polar surface area (TPSA) is 58.4 Å². The van der Waals surface area contributed by atoms with Gasteiger partial charge in [-0.05, 0) is 43.0 Å². The van der Waals surface area contributed by atoms with Gasteiger partial charge in [-0.1, -0.05) is 48.5 Å². The first-order chi connectivity index (χ1) is 12.2. The molecule has 1 aliphatic heterocycles. The number of para-hydroxylation sites is 1. The van der Waals surface area contributed by atoms with Crippen LogP contribution in [-0.2, 0) is 17.8 Å². The molecule has 2 aromatic carbocycles. The third kappa shape index (κ3) is 7.41. The van der Waals surface area contributed by atoms with Crippen molar-refractivity contribution in [2.75, 3.05) is 18.8 Å². The van der Waals surface area contributed by atoms with Gasteiger partial charge in [0.15, 0.2) is 0 Å². The molecule has 1 saturated heterocycles. The minimum atomic E-state index is 0. The lowest BCUT2D eigenvalue weighted by atomic mass is 10.0. The predicted octanol–water partition coefficient (Wildman–Crippen LogP) is 3.83. The van der Waals surface area contributed by atoms with Crippen molar-refractivity contribution < 1.29 is 4.79 Å². The summed E-state index contributed by atoms with van der Waals surface area (Å²) in [5.41, 5.74) is 9.09. The van der Waals surface area contributed by atoms with E-state index in [9.17, 15) is 4.79 Å². The van der Waals surface area contributed by atoms with Crippen LogP contribution in [0.1, 0.15) is 30.4 Å².